The van der Waals surface area contributed by atoms with Crippen molar-refractivity contribution in [2.24, 2.45) is 11.8 Å². The molecule has 1 aromatic rings. The first kappa shape index (κ1) is 12.2. The Balaban J connectivity index is 2.04. The molecule has 2 nitrogen and oxygen atoms in total. The van der Waals surface area contributed by atoms with Crippen LogP contribution >= 0.6 is 0 Å². The van der Waals surface area contributed by atoms with Gasteiger partial charge in [-0.3, -0.25) is 4.79 Å². The summed E-state index contributed by atoms with van der Waals surface area (Å²) in [6.45, 7) is 7.85. The maximum absolute atomic E-state index is 12.0. The Bertz CT molecular complexity index is 403. The molecule has 0 heterocycles. The summed E-state index contributed by atoms with van der Waals surface area (Å²) in [5.74, 6) is 0.716. The van der Waals surface area contributed by atoms with Gasteiger partial charge < -0.3 is 4.74 Å². The first-order valence-corrected chi connectivity index (χ1v) is 6.18. The largest absolute Gasteiger partial charge is 0.460 e. The van der Waals surface area contributed by atoms with Crippen LogP contribution in [0.5, 0.6) is 0 Å². The predicted octanol–water partition coefficient (Wildman–Crippen LogP) is 3.38. The Morgan fingerprint density at radius 2 is 1.76 bits per heavy atom. The summed E-state index contributed by atoms with van der Waals surface area (Å²) in [6, 6.07) is 10.2. The monoisotopic (exact) mass is 232 g/mol. The molecular weight excluding hydrogens is 212 g/mol. The van der Waals surface area contributed by atoms with Gasteiger partial charge in [-0.15, -0.1) is 0 Å². The van der Waals surface area contributed by atoms with Gasteiger partial charge in [-0.2, -0.15) is 0 Å². The number of rotatable bonds is 2. The topological polar surface area (TPSA) is 26.3 Å². The second kappa shape index (κ2) is 4.17. The first-order valence-electron chi connectivity index (χ1n) is 6.18. The molecule has 0 spiro atoms. The molecule has 1 aromatic carbocycles. The molecule has 0 radical (unpaired) electrons. The van der Waals surface area contributed by atoms with Crippen LogP contribution in [0.2, 0.25) is 0 Å². The van der Waals surface area contributed by atoms with E-state index >= 15 is 0 Å². The average molecular weight is 232 g/mol. The lowest BCUT2D eigenvalue weighted by Gasteiger charge is -2.19. The molecule has 0 aromatic heterocycles. The van der Waals surface area contributed by atoms with Crippen molar-refractivity contribution in [2.45, 2.75) is 39.2 Å². The van der Waals surface area contributed by atoms with Crippen molar-refractivity contribution in [1.29, 1.82) is 0 Å². The third-order valence-electron chi connectivity index (χ3n) is 3.24. The smallest absolute Gasteiger partial charge is 0.310 e. The normalized spacial score (nSPS) is 27.6. The lowest BCUT2D eigenvalue weighted by atomic mass is 10.1. The first-order chi connectivity index (χ1) is 7.90. The number of hydrogen-bond acceptors (Lipinski definition) is 2. The van der Waals surface area contributed by atoms with Crippen LogP contribution < -0.4 is 0 Å². The van der Waals surface area contributed by atoms with E-state index in [1.807, 2.05) is 39.0 Å². The highest BCUT2D eigenvalue weighted by atomic mass is 16.6. The van der Waals surface area contributed by atoms with Crippen LogP contribution in [0.3, 0.4) is 0 Å². The summed E-state index contributed by atoms with van der Waals surface area (Å²) in [5.41, 5.74) is 0.858. The molecule has 1 aliphatic rings. The summed E-state index contributed by atoms with van der Waals surface area (Å²) >= 11 is 0. The van der Waals surface area contributed by atoms with Crippen molar-refractivity contribution in [1.82, 2.24) is 0 Å². The SMILES string of the molecule is CC1[C@@H](C(=O)OC(C)(C)C)[C@@H]1c1ccccc1. The molecule has 1 unspecified atom stereocenters. The molecule has 0 N–H and O–H groups in total. The summed E-state index contributed by atoms with van der Waals surface area (Å²) < 4.78 is 5.44. The van der Waals surface area contributed by atoms with Gasteiger partial charge >= 0.3 is 5.97 Å². The van der Waals surface area contributed by atoms with Gasteiger partial charge in [0.1, 0.15) is 5.60 Å². The van der Waals surface area contributed by atoms with Crippen molar-refractivity contribution in [2.75, 3.05) is 0 Å². The zero-order valence-electron chi connectivity index (χ0n) is 10.9. The molecule has 92 valence electrons. The van der Waals surface area contributed by atoms with Crippen LogP contribution in [-0.4, -0.2) is 11.6 Å². The van der Waals surface area contributed by atoms with Gasteiger partial charge in [0.2, 0.25) is 0 Å². The van der Waals surface area contributed by atoms with E-state index < -0.39 is 0 Å². The Labute approximate surface area is 103 Å². The zero-order chi connectivity index (χ0) is 12.6. The third kappa shape index (κ3) is 2.68. The Kier molecular flexibility index (Phi) is 2.98. The van der Waals surface area contributed by atoms with E-state index in [0.717, 1.165) is 0 Å². The molecule has 0 bridgehead atoms. The lowest BCUT2D eigenvalue weighted by molar-refractivity contribution is -0.156. The predicted molar refractivity (Wildman–Crippen MR) is 67.7 cm³/mol. The van der Waals surface area contributed by atoms with Gasteiger partial charge in [-0.25, -0.2) is 0 Å². The summed E-state index contributed by atoms with van der Waals surface area (Å²) in [4.78, 5) is 12.0. The number of carbonyl (C=O) groups is 1. The minimum atomic E-state index is -0.388. The quantitative estimate of drug-likeness (QED) is 0.731. The standard InChI is InChI=1S/C15H20O2/c1-10-12(11-8-6-5-7-9-11)13(10)14(16)17-15(2,3)4/h5-10,12-13H,1-4H3/t10?,12-,13+/m0/s1. The average Bonchev–Trinajstić information content (AvgIpc) is 2.89. The van der Waals surface area contributed by atoms with E-state index in [0.29, 0.717) is 11.8 Å². The summed E-state index contributed by atoms with van der Waals surface area (Å²) in [7, 11) is 0. The number of carbonyl (C=O) groups excluding carboxylic acids is 1. The molecular formula is C15H20O2. The number of benzene rings is 1. The highest BCUT2D eigenvalue weighted by Gasteiger charge is 2.53. The summed E-state index contributed by atoms with van der Waals surface area (Å²) in [6.07, 6.45) is 0. The fraction of sp³-hybridized carbons (Fsp3) is 0.533. The third-order valence-corrected chi connectivity index (χ3v) is 3.24. The van der Waals surface area contributed by atoms with E-state index in [1.165, 1.54) is 5.56 Å². The van der Waals surface area contributed by atoms with Crippen LogP contribution in [0.15, 0.2) is 30.3 Å². The molecule has 3 atom stereocenters. The minimum Gasteiger partial charge on any atom is -0.460 e. The van der Waals surface area contributed by atoms with Crippen LogP contribution in [0.25, 0.3) is 0 Å². The molecule has 1 aliphatic carbocycles. The van der Waals surface area contributed by atoms with Gasteiger partial charge in [0.15, 0.2) is 0 Å². The number of hydrogen-bond donors (Lipinski definition) is 0. The van der Waals surface area contributed by atoms with Crippen molar-refractivity contribution in [3.05, 3.63) is 35.9 Å². The molecule has 1 fully saturated rings. The van der Waals surface area contributed by atoms with Crippen LogP contribution in [0.1, 0.15) is 39.2 Å². The van der Waals surface area contributed by atoms with Gasteiger partial charge in [0.25, 0.3) is 0 Å². The molecule has 0 aliphatic heterocycles. The van der Waals surface area contributed by atoms with E-state index in [2.05, 4.69) is 19.1 Å². The maximum atomic E-state index is 12.0. The molecule has 1 saturated carbocycles. The van der Waals surface area contributed by atoms with E-state index in [1.54, 1.807) is 0 Å². The van der Waals surface area contributed by atoms with E-state index in [-0.39, 0.29) is 17.5 Å². The molecule has 2 rings (SSSR count). The highest BCUT2D eigenvalue weighted by Crippen LogP contribution is 2.54. The zero-order valence-corrected chi connectivity index (χ0v) is 10.9. The van der Waals surface area contributed by atoms with Crippen molar-refractivity contribution < 1.29 is 9.53 Å². The number of ether oxygens (including phenoxy) is 1. The second-order valence-electron chi connectivity index (χ2n) is 5.85. The van der Waals surface area contributed by atoms with E-state index in [4.69, 9.17) is 4.74 Å². The van der Waals surface area contributed by atoms with Crippen molar-refractivity contribution in [3.8, 4) is 0 Å². The Morgan fingerprint density at radius 1 is 1.18 bits per heavy atom. The Hall–Kier alpha value is -1.31. The molecule has 17 heavy (non-hydrogen) atoms. The number of esters is 1. The minimum absolute atomic E-state index is 0.0385. The van der Waals surface area contributed by atoms with Crippen LogP contribution in [0.4, 0.5) is 0 Å². The lowest BCUT2D eigenvalue weighted by Crippen LogP contribution is -2.25. The molecule has 0 amide bonds. The van der Waals surface area contributed by atoms with Crippen LogP contribution in [0, 0.1) is 11.8 Å². The Morgan fingerprint density at radius 3 is 2.29 bits per heavy atom. The summed E-state index contributed by atoms with van der Waals surface area (Å²) in [5, 5.41) is 0. The van der Waals surface area contributed by atoms with Gasteiger partial charge in [-0.05, 0) is 32.3 Å². The highest BCUT2D eigenvalue weighted by molar-refractivity contribution is 5.78. The fourth-order valence-corrected chi connectivity index (χ4v) is 2.38. The molecule has 2 heteroatoms. The van der Waals surface area contributed by atoms with Gasteiger partial charge in [0, 0.05) is 5.92 Å². The van der Waals surface area contributed by atoms with E-state index in [9.17, 15) is 4.79 Å². The second-order valence-corrected chi connectivity index (χ2v) is 5.85. The van der Waals surface area contributed by atoms with Gasteiger partial charge in [-0.1, -0.05) is 37.3 Å². The van der Waals surface area contributed by atoms with Crippen LogP contribution in [-0.2, 0) is 9.53 Å². The van der Waals surface area contributed by atoms with Crippen molar-refractivity contribution in [3.63, 3.8) is 0 Å². The van der Waals surface area contributed by atoms with Crippen molar-refractivity contribution >= 4 is 5.97 Å². The molecule has 0 saturated heterocycles. The maximum Gasteiger partial charge on any atom is 0.310 e. The fourth-order valence-electron chi connectivity index (χ4n) is 2.38. The van der Waals surface area contributed by atoms with Gasteiger partial charge in [0.05, 0.1) is 5.92 Å².